The first-order chi connectivity index (χ1) is 7.02. The topological polar surface area (TPSA) is 20.2 Å². The van der Waals surface area contributed by atoms with Gasteiger partial charge < -0.3 is 5.11 Å². The van der Waals surface area contributed by atoms with Crippen LogP contribution in [0, 0.1) is 5.41 Å². The van der Waals surface area contributed by atoms with E-state index in [0.29, 0.717) is 5.76 Å². The second kappa shape index (κ2) is 5.20. The number of aliphatic hydroxyl groups is 1. The Morgan fingerprint density at radius 1 is 1.13 bits per heavy atom. The van der Waals surface area contributed by atoms with Crippen molar-refractivity contribution in [3.8, 4) is 0 Å². The molecule has 0 spiro atoms. The second-order valence-electron chi connectivity index (χ2n) is 4.98. The third-order valence-electron chi connectivity index (χ3n) is 2.93. The first kappa shape index (κ1) is 12.1. The van der Waals surface area contributed by atoms with Crippen molar-refractivity contribution in [2.75, 3.05) is 0 Å². The van der Waals surface area contributed by atoms with Crippen LogP contribution in [-0.2, 0) is 0 Å². The van der Waals surface area contributed by atoms with E-state index in [2.05, 4.69) is 39.0 Å². The fourth-order valence-corrected chi connectivity index (χ4v) is 1.64. The second-order valence-corrected chi connectivity index (χ2v) is 4.98. The van der Waals surface area contributed by atoms with Crippen LogP contribution in [0.4, 0.5) is 0 Å². The minimum atomic E-state index is -0.124. The molecule has 1 N–H and O–H groups in total. The molecule has 0 heterocycles. The number of hydrogen-bond donors (Lipinski definition) is 1. The molecule has 0 aromatic carbocycles. The number of hydrogen-bond acceptors (Lipinski definition) is 1. The molecule has 1 heteroatoms. The first-order valence-corrected chi connectivity index (χ1v) is 5.72. The van der Waals surface area contributed by atoms with Gasteiger partial charge >= 0.3 is 0 Å². The fourth-order valence-electron chi connectivity index (χ4n) is 1.64. The summed E-state index contributed by atoms with van der Waals surface area (Å²) in [5, 5.41) is 9.97. The van der Waals surface area contributed by atoms with E-state index in [1.807, 2.05) is 6.08 Å². The summed E-state index contributed by atoms with van der Waals surface area (Å²) < 4.78 is 0. The van der Waals surface area contributed by atoms with Gasteiger partial charge in [0.05, 0.1) is 5.76 Å². The molecule has 0 bridgehead atoms. The molecule has 1 aliphatic rings. The quantitative estimate of drug-likeness (QED) is 0.577. The molecule has 1 aliphatic carbocycles. The summed E-state index contributed by atoms with van der Waals surface area (Å²) in [6.07, 6.45) is 12.6. The van der Waals surface area contributed by atoms with Crippen molar-refractivity contribution in [2.24, 2.45) is 5.41 Å². The lowest BCUT2D eigenvalue weighted by Gasteiger charge is -2.22. The van der Waals surface area contributed by atoms with Gasteiger partial charge in [0.15, 0.2) is 0 Å². The largest absolute Gasteiger partial charge is 0.512 e. The average Bonchev–Trinajstić information content (AvgIpc) is 2.20. The number of allylic oxidation sites excluding steroid dienone is 6. The number of aliphatic hydroxyl groups excluding tert-OH is 1. The molecule has 0 atom stereocenters. The van der Waals surface area contributed by atoms with Crippen molar-refractivity contribution in [3.05, 3.63) is 35.6 Å². The van der Waals surface area contributed by atoms with Crippen molar-refractivity contribution < 1.29 is 5.11 Å². The molecule has 1 rings (SSSR count). The van der Waals surface area contributed by atoms with Crippen molar-refractivity contribution in [2.45, 2.75) is 46.5 Å². The Hall–Kier alpha value is -0.980. The lowest BCUT2D eigenvalue weighted by Crippen LogP contribution is -2.13. The molecule has 0 fully saturated rings. The predicted octanol–water partition coefficient (Wildman–Crippen LogP) is 4.53. The van der Waals surface area contributed by atoms with Crippen LogP contribution in [0.15, 0.2) is 35.6 Å². The van der Waals surface area contributed by atoms with Crippen LogP contribution in [0.25, 0.3) is 0 Å². The van der Waals surface area contributed by atoms with E-state index < -0.39 is 0 Å². The number of rotatable bonds is 0. The van der Waals surface area contributed by atoms with Crippen LogP contribution in [0.5, 0.6) is 0 Å². The van der Waals surface area contributed by atoms with E-state index in [1.54, 1.807) is 0 Å². The van der Waals surface area contributed by atoms with Gasteiger partial charge in [0.1, 0.15) is 0 Å². The predicted molar refractivity (Wildman–Crippen MR) is 65.9 cm³/mol. The Kier molecular flexibility index (Phi) is 4.19. The molecule has 0 unspecified atom stereocenters. The third-order valence-corrected chi connectivity index (χ3v) is 2.93. The van der Waals surface area contributed by atoms with Gasteiger partial charge in [-0.2, -0.15) is 0 Å². The third kappa shape index (κ3) is 3.94. The molecule has 0 aliphatic heterocycles. The van der Waals surface area contributed by atoms with Crippen LogP contribution < -0.4 is 0 Å². The van der Waals surface area contributed by atoms with E-state index in [-0.39, 0.29) is 5.41 Å². The van der Waals surface area contributed by atoms with Gasteiger partial charge in [-0.15, -0.1) is 0 Å². The maximum Gasteiger partial charge on any atom is 0.0945 e. The summed E-state index contributed by atoms with van der Waals surface area (Å²) in [4.78, 5) is 0. The maximum atomic E-state index is 9.97. The molecule has 15 heavy (non-hydrogen) atoms. The zero-order valence-electron chi connectivity index (χ0n) is 10.1. The molecule has 0 amide bonds. The normalized spacial score (nSPS) is 31.7. The first-order valence-electron chi connectivity index (χ1n) is 5.72. The van der Waals surface area contributed by atoms with E-state index in [4.69, 9.17) is 0 Å². The van der Waals surface area contributed by atoms with Gasteiger partial charge in [0.2, 0.25) is 0 Å². The van der Waals surface area contributed by atoms with Crippen molar-refractivity contribution in [3.63, 3.8) is 0 Å². The molecule has 0 aromatic rings. The molecular weight excluding hydrogens is 184 g/mol. The maximum absolute atomic E-state index is 9.97. The highest BCUT2D eigenvalue weighted by Crippen LogP contribution is 2.30. The monoisotopic (exact) mass is 206 g/mol. The van der Waals surface area contributed by atoms with Crippen molar-refractivity contribution >= 4 is 0 Å². The average molecular weight is 206 g/mol. The molecule has 0 saturated carbocycles. The summed E-state index contributed by atoms with van der Waals surface area (Å²) in [5.74, 6) is 0.516. The molecule has 84 valence electrons. The summed E-state index contributed by atoms with van der Waals surface area (Å²) in [7, 11) is 0. The molecule has 0 radical (unpaired) electrons. The Bertz CT molecular complexity index is 292. The van der Waals surface area contributed by atoms with Crippen LogP contribution in [0.1, 0.15) is 46.5 Å². The van der Waals surface area contributed by atoms with Gasteiger partial charge in [-0.05, 0) is 38.7 Å². The Labute approximate surface area is 93.2 Å². The van der Waals surface area contributed by atoms with Gasteiger partial charge in [-0.1, -0.05) is 37.6 Å². The fraction of sp³-hybridized carbons (Fsp3) is 0.571. The van der Waals surface area contributed by atoms with E-state index in [9.17, 15) is 5.11 Å². The van der Waals surface area contributed by atoms with Gasteiger partial charge in [-0.3, -0.25) is 0 Å². The highest BCUT2D eigenvalue weighted by atomic mass is 16.3. The van der Waals surface area contributed by atoms with Crippen LogP contribution >= 0.6 is 0 Å². The SMILES string of the molecule is C/C1=C\CC/C=C/CC(C)(C)/C(O)=C/C1. The van der Waals surface area contributed by atoms with Gasteiger partial charge in [0, 0.05) is 5.41 Å². The summed E-state index contributed by atoms with van der Waals surface area (Å²) in [5.41, 5.74) is 1.22. The summed E-state index contributed by atoms with van der Waals surface area (Å²) in [6.45, 7) is 6.29. The van der Waals surface area contributed by atoms with E-state index in [1.165, 1.54) is 5.57 Å². The molecule has 1 nitrogen and oxygen atoms in total. The lowest BCUT2D eigenvalue weighted by molar-refractivity contribution is 0.258. The molecule has 0 aromatic heterocycles. The van der Waals surface area contributed by atoms with Crippen LogP contribution in [0.2, 0.25) is 0 Å². The summed E-state index contributed by atoms with van der Waals surface area (Å²) in [6, 6.07) is 0. The zero-order valence-corrected chi connectivity index (χ0v) is 10.1. The minimum absolute atomic E-state index is 0.124. The van der Waals surface area contributed by atoms with E-state index in [0.717, 1.165) is 25.7 Å². The Balaban J connectivity index is 2.84. The van der Waals surface area contributed by atoms with E-state index >= 15 is 0 Å². The highest BCUT2D eigenvalue weighted by Gasteiger charge is 2.21. The molecular formula is C14H22O. The van der Waals surface area contributed by atoms with Gasteiger partial charge in [0.25, 0.3) is 0 Å². The lowest BCUT2D eigenvalue weighted by atomic mass is 9.86. The smallest absolute Gasteiger partial charge is 0.0945 e. The van der Waals surface area contributed by atoms with Crippen LogP contribution in [0.3, 0.4) is 0 Å². The van der Waals surface area contributed by atoms with Gasteiger partial charge in [-0.25, -0.2) is 0 Å². The molecule has 0 saturated heterocycles. The highest BCUT2D eigenvalue weighted by molar-refractivity contribution is 5.13. The van der Waals surface area contributed by atoms with Crippen molar-refractivity contribution in [1.29, 1.82) is 0 Å². The van der Waals surface area contributed by atoms with Crippen molar-refractivity contribution in [1.82, 2.24) is 0 Å². The Morgan fingerprint density at radius 2 is 1.87 bits per heavy atom. The Morgan fingerprint density at radius 3 is 2.60 bits per heavy atom. The zero-order chi connectivity index (χ0) is 11.3. The standard InChI is InChI=1S/C14H22O/c1-12-8-6-4-5-7-11-14(2,3)13(15)10-9-12/h5,7-8,10,15H,4,6,9,11H2,1-3H3/b7-5+,12-8+,13-10-. The summed E-state index contributed by atoms with van der Waals surface area (Å²) >= 11 is 0. The van der Waals surface area contributed by atoms with Crippen LogP contribution in [-0.4, -0.2) is 5.11 Å². The minimum Gasteiger partial charge on any atom is -0.512 e.